The van der Waals surface area contributed by atoms with Crippen molar-refractivity contribution in [3.63, 3.8) is 0 Å². The first-order valence-electron chi connectivity index (χ1n) is 10.3. The summed E-state index contributed by atoms with van der Waals surface area (Å²) in [5.74, 6) is 0.140. The van der Waals surface area contributed by atoms with Crippen molar-refractivity contribution < 1.29 is 27.6 Å². The van der Waals surface area contributed by atoms with Gasteiger partial charge in [-0.1, -0.05) is 17.7 Å². The zero-order valence-corrected chi connectivity index (χ0v) is 20.4. The average Bonchev–Trinajstić information content (AvgIpc) is 2.80. The summed E-state index contributed by atoms with van der Waals surface area (Å²) in [6, 6.07) is 14.4. The molecule has 2 N–H and O–H groups in total. The van der Waals surface area contributed by atoms with E-state index in [1.165, 1.54) is 36.4 Å². The molecule has 0 unspecified atom stereocenters. The van der Waals surface area contributed by atoms with Crippen molar-refractivity contribution in [2.75, 3.05) is 23.3 Å². The van der Waals surface area contributed by atoms with Crippen LogP contribution in [0.3, 0.4) is 0 Å². The number of carbonyl (C=O) groups is 1. The summed E-state index contributed by atoms with van der Waals surface area (Å²) in [6.07, 6.45) is 0. The second kappa shape index (κ2) is 11.1. The monoisotopic (exact) mass is 519 g/mol. The predicted octanol–water partition coefficient (Wildman–Crippen LogP) is 4.77. The topological polar surface area (TPSA) is 137 Å². The molecule has 10 nitrogen and oxygen atoms in total. The number of non-ortho nitro benzene ring substituents is 1. The minimum Gasteiger partial charge on any atom is -0.494 e. The maximum Gasteiger partial charge on any atom is 0.271 e. The van der Waals surface area contributed by atoms with Gasteiger partial charge in [0.05, 0.1) is 27.1 Å². The van der Waals surface area contributed by atoms with Crippen molar-refractivity contribution in [2.24, 2.45) is 0 Å². The molecular formula is C23H22ClN3O7S. The zero-order valence-electron chi connectivity index (χ0n) is 18.8. The van der Waals surface area contributed by atoms with E-state index >= 15 is 0 Å². The van der Waals surface area contributed by atoms with Gasteiger partial charge in [0.25, 0.3) is 21.6 Å². The van der Waals surface area contributed by atoms with Crippen molar-refractivity contribution in [1.29, 1.82) is 0 Å². The van der Waals surface area contributed by atoms with E-state index in [9.17, 15) is 23.3 Å². The molecule has 3 aromatic carbocycles. The molecule has 184 valence electrons. The third kappa shape index (κ3) is 6.84. The number of ether oxygens (including phenoxy) is 2. The molecule has 3 rings (SSSR count). The molecule has 0 radical (unpaired) electrons. The van der Waals surface area contributed by atoms with Gasteiger partial charge >= 0.3 is 0 Å². The van der Waals surface area contributed by atoms with Gasteiger partial charge in [-0.05, 0) is 61.9 Å². The van der Waals surface area contributed by atoms with Crippen molar-refractivity contribution in [2.45, 2.75) is 18.7 Å². The Morgan fingerprint density at radius 1 is 1.06 bits per heavy atom. The summed E-state index contributed by atoms with van der Waals surface area (Å²) in [5, 5.41) is 13.5. The summed E-state index contributed by atoms with van der Waals surface area (Å²) in [5.41, 5.74) is 1.10. The van der Waals surface area contributed by atoms with Gasteiger partial charge in [-0.15, -0.1) is 0 Å². The highest BCUT2D eigenvalue weighted by atomic mass is 35.5. The Hall–Kier alpha value is -3.83. The summed E-state index contributed by atoms with van der Waals surface area (Å²) in [7, 11) is -3.93. The van der Waals surface area contributed by atoms with Gasteiger partial charge in [-0.25, -0.2) is 8.42 Å². The summed E-state index contributed by atoms with van der Waals surface area (Å²) in [6.45, 7) is 3.59. The van der Waals surface area contributed by atoms with Gasteiger partial charge in [0.15, 0.2) is 6.61 Å². The van der Waals surface area contributed by atoms with Crippen LogP contribution in [0.2, 0.25) is 5.02 Å². The quantitative estimate of drug-likeness (QED) is 0.290. The Morgan fingerprint density at radius 3 is 2.40 bits per heavy atom. The van der Waals surface area contributed by atoms with Gasteiger partial charge in [0.2, 0.25) is 0 Å². The number of anilines is 2. The van der Waals surface area contributed by atoms with Gasteiger partial charge < -0.3 is 14.8 Å². The summed E-state index contributed by atoms with van der Waals surface area (Å²) < 4.78 is 38.6. The van der Waals surface area contributed by atoms with Crippen LogP contribution < -0.4 is 19.5 Å². The highest BCUT2D eigenvalue weighted by Gasteiger charge is 2.17. The molecule has 0 saturated carbocycles. The van der Waals surface area contributed by atoms with E-state index < -0.39 is 27.5 Å². The molecule has 0 bridgehead atoms. The van der Waals surface area contributed by atoms with E-state index in [4.69, 9.17) is 21.1 Å². The molecule has 0 aliphatic carbocycles. The van der Waals surface area contributed by atoms with Crippen LogP contribution in [0.1, 0.15) is 12.5 Å². The molecule has 0 spiro atoms. The second-order valence-corrected chi connectivity index (χ2v) is 9.34. The zero-order chi connectivity index (χ0) is 25.6. The first-order chi connectivity index (χ1) is 16.6. The highest BCUT2D eigenvalue weighted by Crippen LogP contribution is 2.29. The van der Waals surface area contributed by atoms with Crippen LogP contribution >= 0.6 is 11.6 Å². The number of aryl methyl sites for hydroxylation is 1. The number of halogens is 1. The van der Waals surface area contributed by atoms with Crippen LogP contribution in [-0.4, -0.2) is 32.5 Å². The lowest BCUT2D eigenvalue weighted by atomic mass is 10.2. The number of sulfonamides is 1. The Balaban J connectivity index is 1.64. The summed E-state index contributed by atoms with van der Waals surface area (Å²) >= 11 is 6.18. The third-order valence-corrected chi connectivity index (χ3v) is 6.37. The maximum absolute atomic E-state index is 12.7. The van der Waals surface area contributed by atoms with E-state index in [0.717, 1.165) is 0 Å². The fraction of sp³-hybridized carbons (Fsp3) is 0.174. The largest absolute Gasteiger partial charge is 0.494 e. The van der Waals surface area contributed by atoms with Crippen LogP contribution in [0, 0.1) is 17.0 Å². The van der Waals surface area contributed by atoms with E-state index in [1.807, 2.05) is 6.92 Å². The third-order valence-electron chi connectivity index (χ3n) is 4.70. The normalized spacial score (nSPS) is 10.9. The van der Waals surface area contributed by atoms with Crippen molar-refractivity contribution in [3.05, 3.63) is 81.4 Å². The first-order valence-corrected chi connectivity index (χ1v) is 12.2. The van der Waals surface area contributed by atoms with Crippen molar-refractivity contribution in [1.82, 2.24) is 0 Å². The lowest BCUT2D eigenvalue weighted by Gasteiger charge is -2.12. The van der Waals surface area contributed by atoms with Gasteiger partial charge in [0.1, 0.15) is 11.5 Å². The van der Waals surface area contributed by atoms with Gasteiger partial charge in [-0.2, -0.15) is 0 Å². The number of benzene rings is 3. The molecule has 1 amide bonds. The predicted molar refractivity (Wildman–Crippen MR) is 132 cm³/mol. The fourth-order valence-electron chi connectivity index (χ4n) is 2.95. The molecule has 35 heavy (non-hydrogen) atoms. The standard InChI is InChI=1S/C23H22ClN3O7S/c1-3-33-18-8-5-16(6-9-18)26-35(31,32)19-10-11-22(20(24)13-19)34-14-23(28)25-21-12-17(27(29)30)7-4-15(21)2/h4-13,26H,3,14H2,1-2H3,(H,25,28). The van der Waals surface area contributed by atoms with Crippen LogP contribution in [0.25, 0.3) is 0 Å². The lowest BCUT2D eigenvalue weighted by molar-refractivity contribution is -0.384. The number of nitro benzene ring substituents is 1. The van der Waals surface area contributed by atoms with Gasteiger partial charge in [0, 0.05) is 17.8 Å². The number of nitrogens with one attached hydrogen (secondary N) is 2. The number of rotatable bonds is 10. The molecule has 0 aliphatic heterocycles. The first kappa shape index (κ1) is 25.8. The highest BCUT2D eigenvalue weighted by molar-refractivity contribution is 7.92. The Kier molecular flexibility index (Phi) is 8.15. The minimum atomic E-state index is -3.93. The SMILES string of the molecule is CCOc1ccc(NS(=O)(=O)c2ccc(OCC(=O)Nc3cc([N+](=O)[O-])ccc3C)c(Cl)c2)cc1. The van der Waals surface area contributed by atoms with Crippen LogP contribution in [-0.2, 0) is 14.8 Å². The molecule has 0 heterocycles. The lowest BCUT2D eigenvalue weighted by Crippen LogP contribution is -2.21. The summed E-state index contributed by atoms with van der Waals surface area (Å²) in [4.78, 5) is 22.5. The van der Waals surface area contributed by atoms with Crippen LogP contribution in [0.15, 0.2) is 65.6 Å². The molecule has 0 saturated heterocycles. The van der Waals surface area contributed by atoms with E-state index in [-0.39, 0.29) is 27.0 Å². The number of hydrogen-bond acceptors (Lipinski definition) is 7. The maximum atomic E-state index is 12.7. The fourth-order valence-corrected chi connectivity index (χ4v) is 4.34. The molecule has 0 atom stereocenters. The molecule has 12 heteroatoms. The number of nitro groups is 1. The average molecular weight is 520 g/mol. The van der Waals surface area contributed by atoms with Crippen LogP contribution in [0.4, 0.5) is 17.1 Å². The van der Waals surface area contributed by atoms with E-state index in [1.54, 1.807) is 31.2 Å². The molecule has 0 fully saturated rings. The Morgan fingerprint density at radius 2 is 1.77 bits per heavy atom. The van der Waals surface area contributed by atoms with E-state index in [0.29, 0.717) is 23.6 Å². The number of nitrogens with zero attached hydrogens (tertiary/aromatic N) is 1. The number of amides is 1. The van der Waals surface area contributed by atoms with E-state index in [2.05, 4.69) is 10.0 Å². The molecule has 0 aromatic heterocycles. The minimum absolute atomic E-state index is 0.0149. The number of hydrogen-bond donors (Lipinski definition) is 2. The van der Waals surface area contributed by atoms with Gasteiger partial charge in [-0.3, -0.25) is 19.6 Å². The molecular weight excluding hydrogens is 498 g/mol. The second-order valence-electron chi connectivity index (χ2n) is 7.25. The van der Waals surface area contributed by atoms with Crippen LogP contribution in [0.5, 0.6) is 11.5 Å². The van der Waals surface area contributed by atoms with Crippen molar-refractivity contribution >= 4 is 44.6 Å². The molecule has 3 aromatic rings. The van der Waals surface area contributed by atoms with Crippen molar-refractivity contribution in [3.8, 4) is 11.5 Å². The molecule has 0 aliphatic rings. The smallest absolute Gasteiger partial charge is 0.271 e. The Labute approximate surface area is 207 Å². The Bertz CT molecular complexity index is 1350. The number of carbonyl (C=O) groups excluding carboxylic acids is 1.